The molecule has 0 N–H and O–H groups in total. The van der Waals surface area contributed by atoms with Crippen molar-refractivity contribution in [2.75, 3.05) is 7.11 Å². The Kier molecular flexibility index (Phi) is 5.52. The molecule has 0 unspecified atom stereocenters. The Morgan fingerprint density at radius 3 is 1.88 bits per heavy atom. The van der Waals surface area contributed by atoms with Crippen molar-refractivity contribution in [1.82, 2.24) is 4.90 Å². The molecular formula is C25H21NO5S. The van der Waals surface area contributed by atoms with Gasteiger partial charge in [0, 0.05) is 0 Å². The topological polar surface area (TPSA) is 72.9 Å². The Labute approximate surface area is 191 Å². The minimum atomic E-state index is -0.959. The molecule has 1 heterocycles. The number of rotatable bonds is 5. The molecule has 3 aromatic carbocycles. The van der Waals surface area contributed by atoms with Crippen LogP contribution in [0, 0.1) is 0 Å². The Hall–Kier alpha value is -3.58. The lowest BCUT2D eigenvalue weighted by Crippen LogP contribution is -2.43. The van der Waals surface area contributed by atoms with Gasteiger partial charge in [-0.15, -0.1) is 0 Å². The van der Waals surface area contributed by atoms with Crippen LogP contribution in [0.25, 0.3) is 11.1 Å². The van der Waals surface area contributed by atoms with Gasteiger partial charge < -0.3 is 9.47 Å². The van der Waals surface area contributed by atoms with Crippen molar-refractivity contribution in [2.45, 2.75) is 18.7 Å². The van der Waals surface area contributed by atoms with Gasteiger partial charge in [-0.3, -0.25) is 14.5 Å². The maximum Gasteiger partial charge on any atom is 0.343 e. The molecule has 3 aromatic rings. The average molecular weight is 448 g/mol. The van der Waals surface area contributed by atoms with Gasteiger partial charge in [0.1, 0.15) is 11.5 Å². The van der Waals surface area contributed by atoms with Crippen LogP contribution in [0.1, 0.15) is 44.9 Å². The molecule has 0 spiro atoms. The first kappa shape index (κ1) is 21.6. The van der Waals surface area contributed by atoms with Crippen LogP contribution in [0.5, 0.6) is 11.5 Å². The molecule has 0 fully saturated rings. The molecule has 32 heavy (non-hydrogen) atoms. The van der Waals surface area contributed by atoms with Gasteiger partial charge in [0.15, 0.2) is 0 Å². The van der Waals surface area contributed by atoms with Gasteiger partial charge in [0.25, 0.3) is 11.8 Å². The number of fused-ring (bicyclic) bond motifs is 1. The van der Waals surface area contributed by atoms with Crippen molar-refractivity contribution in [2.24, 2.45) is 0 Å². The quantitative estimate of drug-likeness (QED) is 0.262. The number of esters is 1. The molecule has 162 valence electrons. The summed E-state index contributed by atoms with van der Waals surface area (Å²) in [5.74, 6) is -0.389. The number of benzene rings is 3. The summed E-state index contributed by atoms with van der Waals surface area (Å²) in [6.07, 6.45) is 0. The molecule has 0 saturated carbocycles. The zero-order chi connectivity index (χ0) is 23.0. The molecule has 6 nitrogen and oxygen atoms in total. The number of amides is 2. The smallest absolute Gasteiger partial charge is 0.343 e. The SMILES string of the molecule is COc1ccc(-c2ccc(OC(=O)c3ccc4c(c3)C(=O)N(C(C)(C)S)C4=O)cc2)cc1. The molecule has 0 bridgehead atoms. The molecule has 0 radical (unpaired) electrons. The normalized spacial score (nSPS) is 13.2. The van der Waals surface area contributed by atoms with E-state index in [1.54, 1.807) is 33.1 Å². The second-order valence-corrected chi connectivity index (χ2v) is 8.94. The van der Waals surface area contributed by atoms with Gasteiger partial charge in [-0.2, -0.15) is 12.6 Å². The lowest BCUT2D eigenvalue weighted by molar-refractivity contribution is 0.0583. The number of carbonyl (C=O) groups is 3. The first-order chi connectivity index (χ1) is 15.2. The summed E-state index contributed by atoms with van der Waals surface area (Å²) in [7, 11) is 1.62. The van der Waals surface area contributed by atoms with Crippen LogP contribution in [0.2, 0.25) is 0 Å². The van der Waals surface area contributed by atoms with Crippen molar-refractivity contribution >= 4 is 30.4 Å². The zero-order valence-electron chi connectivity index (χ0n) is 17.8. The number of imide groups is 1. The minimum absolute atomic E-state index is 0.168. The number of hydrogen-bond acceptors (Lipinski definition) is 6. The van der Waals surface area contributed by atoms with Crippen LogP contribution >= 0.6 is 12.6 Å². The van der Waals surface area contributed by atoms with E-state index >= 15 is 0 Å². The Morgan fingerprint density at radius 2 is 1.34 bits per heavy atom. The maximum absolute atomic E-state index is 12.7. The molecule has 0 atom stereocenters. The first-order valence-electron chi connectivity index (χ1n) is 9.91. The molecule has 0 aliphatic carbocycles. The van der Waals surface area contributed by atoms with E-state index in [2.05, 4.69) is 12.6 Å². The summed E-state index contributed by atoms with van der Waals surface area (Å²) in [5, 5.41) is 0. The standard InChI is InChI=1S/C25H21NO5S/c1-25(2,32)26-22(27)20-13-8-17(14-21(20)23(26)28)24(29)31-19-11-6-16(7-12-19)15-4-9-18(30-3)10-5-15/h4-14,32H,1-3H3. The van der Waals surface area contributed by atoms with E-state index in [9.17, 15) is 14.4 Å². The molecule has 1 aliphatic rings. The van der Waals surface area contributed by atoms with Crippen molar-refractivity contribution in [3.8, 4) is 22.6 Å². The zero-order valence-corrected chi connectivity index (χ0v) is 18.7. The fourth-order valence-electron chi connectivity index (χ4n) is 3.53. The largest absolute Gasteiger partial charge is 0.497 e. The van der Waals surface area contributed by atoms with E-state index in [-0.39, 0.29) is 16.7 Å². The van der Waals surface area contributed by atoms with Crippen molar-refractivity contribution < 1.29 is 23.9 Å². The number of carbonyl (C=O) groups excluding carboxylic acids is 3. The van der Waals surface area contributed by atoms with E-state index < -0.39 is 22.7 Å². The van der Waals surface area contributed by atoms with Gasteiger partial charge in [0.2, 0.25) is 0 Å². The summed E-state index contributed by atoms with van der Waals surface area (Å²) in [5.41, 5.74) is 2.56. The fraction of sp³-hybridized carbons (Fsp3) is 0.160. The summed E-state index contributed by atoms with van der Waals surface area (Å²) in [4.78, 5) is 38.0. The van der Waals surface area contributed by atoms with Crippen LogP contribution < -0.4 is 9.47 Å². The third-order valence-electron chi connectivity index (χ3n) is 5.16. The van der Waals surface area contributed by atoms with E-state index in [1.807, 2.05) is 36.4 Å². The molecule has 1 aliphatic heterocycles. The van der Waals surface area contributed by atoms with Gasteiger partial charge in [-0.25, -0.2) is 4.79 Å². The van der Waals surface area contributed by atoms with E-state index in [1.165, 1.54) is 18.2 Å². The molecule has 4 rings (SSSR count). The molecule has 7 heteroatoms. The first-order valence-corrected chi connectivity index (χ1v) is 10.4. The van der Waals surface area contributed by atoms with E-state index in [4.69, 9.17) is 9.47 Å². The van der Waals surface area contributed by atoms with Gasteiger partial charge in [-0.1, -0.05) is 24.3 Å². The van der Waals surface area contributed by atoms with Crippen LogP contribution in [0.15, 0.2) is 66.7 Å². The Morgan fingerprint density at radius 1 is 0.812 bits per heavy atom. The number of nitrogens with zero attached hydrogens (tertiary/aromatic N) is 1. The summed E-state index contributed by atoms with van der Waals surface area (Å²) in [6, 6.07) is 19.1. The number of ether oxygens (including phenoxy) is 2. The number of thiol groups is 1. The van der Waals surface area contributed by atoms with Crippen molar-refractivity contribution in [3.05, 3.63) is 83.4 Å². The summed E-state index contributed by atoms with van der Waals surface area (Å²) < 4.78 is 10.6. The van der Waals surface area contributed by atoms with Crippen LogP contribution in [-0.4, -0.2) is 34.7 Å². The predicted octanol–water partition coefficient (Wildman–Crippen LogP) is 4.84. The van der Waals surface area contributed by atoms with E-state index in [0.717, 1.165) is 21.8 Å². The lowest BCUT2D eigenvalue weighted by Gasteiger charge is -2.28. The Bertz CT molecular complexity index is 1210. The van der Waals surface area contributed by atoms with Gasteiger partial charge >= 0.3 is 5.97 Å². The monoisotopic (exact) mass is 447 g/mol. The number of methoxy groups -OCH3 is 1. The maximum atomic E-state index is 12.7. The van der Waals surface area contributed by atoms with Crippen LogP contribution in [0.3, 0.4) is 0 Å². The Balaban J connectivity index is 1.51. The van der Waals surface area contributed by atoms with Crippen LogP contribution in [-0.2, 0) is 0 Å². The van der Waals surface area contributed by atoms with E-state index in [0.29, 0.717) is 5.75 Å². The van der Waals surface area contributed by atoms with Gasteiger partial charge in [0.05, 0.1) is 28.7 Å². The molecular weight excluding hydrogens is 426 g/mol. The third kappa shape index (κ3) is 3.99. The molecule has 0 aromatic heterocycles. The highest BCUT2D eigenvalue weighted by atomic mass is 32.1. The number of hydrogen-bond donors (Lipinski definition) is 1. The predicted molar refractivity (Wildman–Crippen MR) is 123 cm³/mol. The summed E-state index contributed by atoms with van der Waals surface area (Å²) >= 11 is 4.34. The fourth-order valence-corrected chi connectivity index (χ4v) is 3.71. The van der Waals surface area contributed by atoms with Crippen LogP contribution in [0.4, 0.5) is 0 Å². The second-order valence-electron chi connectivity index (χ2n) is 7.84. The highest BCUT2D eigenvalue weighted by Gasteiger charge is 2.42. The molecule has 2 amide bonds. The third-order valence-corrected chi connectivity index (χ3v) is 5.36. The van der Waals surface area contributed by atoms with Crippen molar-refractivity contribution in [1.29, 1.82) is 0 Å². The highest BCUT2D eigenvalue weighted by molar-refractivity contribution is 7.81. The average Bonchev–Trinajstić information content (AvgIpc) is 3.04. The minimum Gasteiger partial charge on any atom is -0.497 e. The van der Waals surface area contributed by atoms with Crippen molar-refractivity contribution in [3.63, 3.8) is 0 Å². The molecule has 0 saturated heterocycles. The van der Waals surface area contributed by atoms with Gasteiger partial charge in [-0.05, 0) is 67.4 Å². The lowest BCUT2D eigenvalue weighted by atomic mass is 10.1. The second kappa shape index (κ2) is 8.16. The highest BCUT2D eigenvalue weighted by Crippen LogP contribution is 2.32. The summed E-state index contributed by atoms with van der Waals surface area (Å²) in [6.45, 7) is 3.31.